The van der Waals surface area contributed by atoms with Gasteiger partial charge in [-0.05, 0) is 36.2 Å². The number of nitrogens with zero attached hydrogens (tertiary/aromatic N) is 2. The number of benzene rings is 2. The van der Waals surface area contributed by atoms with Crippen molar-refractivity contribution in [2.75, 3.05) is 13.7 Å². The van der Waals surface area contributed by atoms with Crippen molar-refractivity contribution in [1.29, 1.82) is 0 Å². The Labute approximate surface area is 158 Å². The highest BCUT2D eigenvalue weighted by Gasteiger charge is 2.15. The molecular weight excluding hydrogens is 366 g/mol. The highest BCUT2D eigenvalue weighted by atomic mass is 32.2. The molecule has 7 nitrogen and oxygen atoms in total. The Hall–Kier alpha value is -2.68. The number of methoxy groups -OCH3 is 1. The topological polar surface area (TPSA) is 107 Å². The lowest BCUT2D eigenvalue weighted by atomic mass is 10.0. The fraction of sp³-hybridized carbons (Fsp3) is 0.211. The zero-order valence-electron chi connectivity index (χ0n) is 14.9. The zero-order valence-corrected chi connectivity index (χ0v) is 15.7. The molecule has 0 saturated carbocycles. The molecule has 3 aromatic rings. The Morgan fingerprint density at radius 2 is 1.70 bits per heavy atom. The van der Waals surface area contributed by atoms with Crippen LogP contribution in [-0.4, -0.2) is 37.0 Å². The molecule has 0 radical (unpaired) electrons. The molecule has 0 fully saturated rings. The molecule has 0 amide bonds. The lowest BCUT2D eigenvalue weighted by molar-refractivity contribution is 0.277. The molecule has 2 aromatic carbocycles. The largest absolute Gasteiger partial charge is 0.497 e. The van der Waals surface area contributed by atoms with Crippen LogP contribution in [0, 0.1) is 0 Å². The Morgan fingerprint density at radius 3 is 2.26 bits per heavy atom. The molecule has 142 valence electrons. The number of hydrogen-bond donors (Lipinski definition) is 2. The minimum Gasteiger partial charge on any atom is -0.497 e. The average Bonchev–Trinajstić information content (AvgIpc) is 3.10. The van der Waals surface area contributed by atoms with Crippen LogP contribution in [0.1, 0.15) is 6.42 Å². The van der Waals surface area contributed by atoms with Gasteiger partial charge in [-0.15, -0.1) is 0 Å². The van der Waals surface area contributed by atoms with E-state index in [2.05, 4.69) is 5.10 Å². The zero-order chi connectivity index (χ0) is 19.4. The summed E-state index contributed by atoms with van der Waals surface area (Å²) in [5, 5.41) is 18.9. The second-order valence-corrected chi connectivity index (χ2v) is 7.59. The van der Waals surface area contributed by atoms with Gasteiger partial charge in [0.1, 0.15) is 11.4 Å². The Morgan fingerprint density at radius 1 is 1.07 bits per heavy atom. The molecule has 0 atom stereocenters. The lowest BCUT2D eigenvalue weighted by Gasteiger charge is -2.05. The highest BCUT2D eigenvalue weighted by molar-refractivity contribution is 7.89. The maximum absolute atomic E-state index is 11.5. The standard InChI is InChI=1S/C19H21N3O4S/c1-26-16-7-3-14(4-8-16)18-13-22(11-2-12-23)21-19(18)15-5-9-17(10-6-15)27(20,24)25/h3-10,13,23H,2,11-12H2,1H3,(H2,20,24,25). The number of rotatable bonds is 7. The predicted molar refractivity (Wildman–Crippen MR) is 103 cm³/mol. The van der Waals surface area contributed by atoms with Gasteiger partial charge in [-0.2, -0.15) is 5.10 Å². The Balaban J connectivity index is 2.05. The van der Waals surface area contributed by atoms with E-state index >= 15 is 0 Å². The molecule has 3 rings (SSSR count). The number of aryl methyl sites for hydroxylation is 1. The monoisotopic (exact) mass is 387 g/mol. The van der Waals surface area contributed by atoms with Gasteiger partial charge >= 0.3 is 0 Å². The third-order valence-corrected chi connectivity index (χ3v) is 5.09. The first-order valence-corrected chi connectivity index (χ1v) is 9.93. The van der Waals surface area contributed by atoms with E-state index < -0.39 is 10.0 Å². The molecule has 0 aliphatic carbocycles. The summed E-state index contributed by atoms with van der Waals surface area (Å²) in [5.41, 5.74) is 3.35. The number of nitrogens with two attached hydrogens (primary N) is 1. The number of primary sulfonamides is 1. The van der Waals surface area contributed by atoms with E-state index in [0.29, 0.717) is 13.0 Å². The molecule has 1 heterocycles. The van der Waals surface area contributed by atoms with Crippen molar-refractivity contribution in [2.24, 2.45) is 5.14 Å². The van der Waals surface area contributed by atoms with Crippen molar-refractivity contribution < 1.29 is 18.3 Å². The van der Waals surface area contributed by atoms with Gasteiger partial charge in [0, 0.05) is 30.5 Å². The van der Waals surface area contributed by atoms with Crippen LogP contribution in [0.4, 0.5) is 0 Å². The van der Waals surface area contributed by atoms with Crippen molar-refractivity contribution in [3.63, 3.8) is 0 Å². The normalized spacial score (nSPS) is 11.5. The van der Waals surface area contributed by atoms with Gasteiger partial charge in [-0.1, -0.05) is 24.3 Å². The van der Waals surface area contributed by atoms with Crippen molar-refractivity contribution >= 4 is 10.0 Å². The van der Waals surface area contributed by atoms with Gasteiger partial charge in [0.2, 0.25) is 10.0 Å². The van der Waals surface area contributed by atoms with Crippen LogP contribution in [-0.2, 0) is 16.6 Å². The summed E-state index contributed by atoms with van der Waals surface area (Å²) >= 11 is 0. The van der Waals surface area contributed by atoms with Gasteiger partial charge in [0.15, 0.2) is 0 Å². The molecule has 27 heavy (non-hydrogen) atoms. The second kappa shape index (κ2) is 7.91. The first-order valence-electron chi connectivity index (χ1n) is 8.38. The third-order valence-electron chi connectivity index (χ3n) is 4.16. The molecule has 0 bridgehead atoms. The van der Waals surface area contributed by atoms with Crippen molar-refractivity contribution in [3.8, 4) is 28.1 Å². The summed E-state index contributed by atoms with van der Waals surface area (Å²) in [4.78, 5) is 0.0527. The third kappa shape index (κ3) is 4.36. The van der Waals surface area contributed by atoms with E-state index in [1.54, 1.807) is 23.9 Å². The average molecular weight is 387 g/mol. The molecule has 0 saturated heterocycles. The lowest BCUT2D eigenvalue weighted by Crippen LogP contribution is -2.11. The predicted octanol–water partition coefficient (Wildman–Crippen LogP) is 2.26. The van der Waals surface area contributed by atoms with E-state index in [1.165, 1.54) is 12.1 Å². The molecular formula is C19H21N3O4S. The van der Waals surface area contributed by atoms with E-state index in [1.807, 2.05) is 30.5 Å². The maximum Gasteiger partial charge on any atom is 0.238 e. The number of ether oxygens (including phenoxy) is 1. The van der Waals surface area contributed by atoms with Gasteiger partial charge in [0.25, 0.3) is 0 Å². The summed E-state index contributed by atoms with van der Waals surface area (Å²) in [6.45, 7) is 0.658. The SMILES string of the molecule is COc1ccc(-c2cn(CCCO)nc2-c2ccc(S(N)(=O)=O)cc2)cc1. The second-order valence-electron chi connectivity index (χ2n) is 6.03. The van der Waals surface area contributed by atoms with E-state index in [0.717, 1.165) is 28.1 Å². The van der Waals surface area contributed by atoms with E-state index in [4.69, 9.17) is 15.0 Å². The van der Waals surface area contributed by atoms with E-state index in [9.17, 15) is 8.42 Å². The molecule has 1 aromatic heterocycles. The van der Waals surface area contributed by atoms with Crippen LogP contribution in [0.25, 0.3) is 22.4 Å². The first kappa shape index (κ1) is 19.1. The maximum atomic E-state index is 11.5. The molecule has 0 aliphatic heterocycles. The molecule has 8 heteroatoms. The van der Waals surface area contributed by atoms with Crippen LogP contribution in [0.5, 0.6) is 5.75 Å². The van der Waals surface area contributed by atoms with Crippen molar-refractivity contribution in [3.05, 3.63) is 54.7 Å². The minimum atomic E-state index is -3.75. The number of aliphatic hydroxyl groups is 1. The van der Waals surface area contributed by atoms with Gasteiger partial charge < -0.3 is 9.84 Å². The Kier molecular flexibility index (Phi) is 5.59. The number of hydrogen-bond acceptors (Lipinski definition) is 5. The van der Waals surface area contributed by atoms with Crippen LogP contribution in [0.2, 0.25) is 0 Å². The number of sulfonamides is 1. The molecule has 0 aliphatic rings. The smallest absolute Gasteiger partial charge is 0.238 e. The fourth-order valence-electron chi connectivity index (χ4n) is 2.77. The number of aromatic nitrogens is 2. The summed E-state index contributed by atoms with van der Waals surface area (Å²) in [7, 11) is -2.13. The summed E-state index contributed by atoms with van der Waals surface area (Å²) in [6, 6.07) is 13.9. The molecule has 3 N–H and O–H groups in total. The van der Waals surface area contributed by atoms with Crippen LogP contribution < -0.4 is 9.88 Å². The first-order chi connectivity index (χ1) is 12.9. The molecule has 0 unspecified atom stereocenters. The molecule has 0 spiro atoms. The number of aliphatic hydroxyl groups excluding tert-OH is 1. The summed E-state index contributed by atoms with van der Waals surface area (Å²) in [5.74, 6) is 0.755. The van der Waals surface area contributed by atoms with E-state index in [-0.39, 0.29) is 11.5 Å². The quantitative estimate of drug-likeness (QED) is 0.647. The van der Waals surface area contributed by atoms with Crippen LogP contribution in [0.3, 0.4) is 0 Å². The minimum absolute atomic E-state index is 0.0527. The fourth-order valence-corrected chi connectivity index (χ4v) is 3.28. The van der Waals surface area contributed by atoms with Crippen molar-refractivity contribution in [2.45, 2.75) is 17.9 Å². The van der Waals surface area contributed by atoms with Gasteiger partial charge in [0.05, 0.1) is 12.0 Å². The van der Waals surface area contributed by atoms with Crippen molar-refractivity contribution in [1.82, 2.24) is 9.78 Å². The van der Waals surface area contributed by atoms with Gasteiger partial charge in [-0.25, -0.2) is 13.6 Å². The van der Waals surface area contributed by atoms with Gasteiger partial charge in [-0.3, -0.25) is 4.68 Å². The van der Waals surface area contributed by atoms with Crippen LogP contribution >= 0.6 is 0 Å². The Bertz CT molecular complexity index is 1010. The summed E-state index contributed by atoms with van der Waals surface area (Å²) in [6.07, 6.45) is 2.51. The summed E-state index contributed by atoms with van der Waals surface area (Å²) < 4.78 is 29.9. The highest BCUT2D eigenvalue weighted by Crippen LogP contribution is 2.32. The van der Waals surface area contributed by atoms with Crippen LogP contribution in [0.15, 0.2) is 59.6 Å².